The molecule has 1 saturated carbocycles. The fraction of sp³-hybridized carbons (Fsp3) is 0.400. The summed E-state index contributed by atoms with van der Waals surface area (Å²) in [5.74, 6) is 1.70. The van der Waals surface area contributed by atoms with Crippen LogP contribution in [-0.2, 0) is 6.54 Å². The minimum atomic E-state index is 0.758. The quantitative estimate of drug-likeness (QED) is 0.680. The molecular weight excluding hydrogens is 356 g/mol. The molecule has 4 heterocycles. The van der Waals surface area contributed by atoms with Crippen LogP contribution >= 0.6 is 11.3 Å². The van der Waals surface area contributed by atoms with Crippen molar-refractivity contribution >= 4 is 17.2 Å². The Morgan fingerprint density at radius 3 is 2.56 bits per heavy atom. The molecule has 6 nitrogen and oxygen atoms in total. The molecule has 0 bridgehead atoms. The fourth-order valence-corrected chi connectivity index (χ4v) is 4.40. The van der Waals surface area contributed by atoms with E-state index in [0.717, 1.165) is 55.8 Å². The molecule has 0 radical (unpaired) electrons. The van der Waals surface area contributed by atoms with Crippen molar-refractivity contribution in [1.29, 1.82) is 0 Å². The first kappa shape index (κ1) is 16.8. The van der Waals surface area contributed by atoms with E-state index in [1.165, 1.54) is 23.5 Å². The molecular formula is C20H22N6S. The van der Waals surface area contributed by atoms with Gasteiger partial charge in [0.1, 0.15) is 5.69 Å². The zero-order valence-corrected chi connectivity index (χ0v) is 16.0. The Morgan fingerprint density at radius 1 is 0.963 bits per heavy atom. The molecule has 0 unspecified atom stereocenters. The molecule has 0 aromatic carbocycles. The molecule has 138 valence electrons. The van der Waals surface area contributed by atoms with Gasteiger partial charge in [0.05, 0.1) is 16.4 Å². The number of hydrogen-bond acceptors (Lipinski definition) is 7. The molecule has 1 saturated heterocycles. The number of nitrogens with zero attached hydrogens (tertiary/aromatic N) is 6. The van der Waals surface area contributed by atoms with Crippen molar-refractivity contribution in [2.45, 2.75) is 25.3 Å². The summed E-state index contributed by atoms with van der Waals surface area (Å²) in [6.45, 7) is 4.95. The first-order chi connectivity index (χ1) is 13.3. The van der Waals surface area contributed by atoms with E-state index in [2.05, 4.69) is 36.4 Å². The van der Waals surface area contributed by atoms with Crippen LogP contribution in [0.5, 0.6) is 0 Å². The lowest BCUT2D eigenvalue weighted by Gasteiger charge is -2.34. The normalized spacial score (nSPS) is 18.0. The van der Waals surface area contributed by atoms with Crippen LogP contribution in [0.3, 0.4) is 0 Å². The van der Waals surface area contributed by atoms with Crippen LogP contribution in [-0.4, -0.2) is 51.2 Å². The van der Waals surface area contributed by atoms with Crippen molar-refractivity contribution in [2.75, 3.05) is 31.1 Å². The lowest BCUT2D eigenvalue weighted by Crippen LogP contribution is -2.46. The lowest BCUT2D eigenvalue weighted by molar-refractivity contribution is 0.247. The second-order valence-corrected chi connectivity index (χ2v) is 8.10. The number of anilines is 1. The van der Waals surface area contributed by atoms with E-state index in [1.54, 1.807) is 6.20 Å². The largest absolute Gasteiger partial charge is 0.353 e. The van der Waals surface area contributed by atoms with Crippen molar-refractivity contribution in [3.8, 4) is 11.4 Å². The van der Waals surface area contributed by atoms with Crippen LogP contribution in [0.15, 0.2) is 41.9 Å². The summed E-state index contributed by atoms with van der Waals surface area (Å²) >= 11 is 1.83. The van der Waals surface area contributed by atoms with Crippen LogP contribution in [0.1, 0.15) is 29.5 Å². The molecule has 2 aliphatic rings. The van der Waals surface area contributed by atoms with E-state index in [1.807, 2.05) is 35.6 Å². The van der Waals surface area contributed by atoms with Crippen LogP contribution in [0.2, 0.25) is 0 Å². The number of rotatable bonds is 5. The molecule has 0 N–H and O–H groups in total. The highest BCUT2D eigenvalue weighted by atomic mass is 32.1. The number of piperazine rings is 1. The third-order valence-electron chi connectivity index (χ3n) is 5.16. The number of hydrogen-bond donors (Lipinski definition) is 0. The predicted molar refractivity (Wildman–Crippen MR) is 107 cm³/mol. The van der Waals surface area contributed by atoms with Gasteiger partial charge in [-0.2, -0.15) is 0 Å². The molecule has 0 spiro atoms. The van der Waals surface area contributed by atoms with Gasteiger partial charge in [-0.05, 0) is 37.1 Å². The Labute approximate surface area is 162 Å². The smallest absolute Gasteiger partial charge is 0.151 e. The van der Waals surface area contributed by atoms with Gasteiger partial charge >= 0.3 is 0 Å². The van der Waals surface area contributed by atoms with Crippen LogP contribution < -0.4 is 4.90 Å². The maximum Gasteiger partial charge on any atom is 0.151 e. The molecule has 1 aliphatic heterocycles. The third kappa shape index (κ3) is 3.84. The average Bonchev–Trinajstić information content (AvgIpc) is 3.49. The van der Waals surface area contributed by atoms with Crippen LogP contribution in [0.25, 0.3) is 11.4 Å². The van der Waals surface area contributed by atoms with Crippen molar-refractivity contribution in [3.05, 3.63) is 52.6 Å². The first-order valence-electron chi connectivity index (χ1n) is 9.52. The average molecular weight is 379 g/mol. The Morgan fingerprint density at radius 2 is 1.85 bits per heavy atom. The topological polar surface area (TPSA) is 58.0 Å². The van der Waals surface area contributed by atoms with Gasteiger partial charge in [0, 0.05) is 50.2 Å². The van der Waals surface area contributed by atoms with E-state index in [4.69, 9.17) is 4.98 Å². The first-order valence-corrected chi connectivity index (χ1v) is 10.4. The van der Waals surface area contributed by atoms with Crippen LogP contribution in [0, 0.1) is 0 Å². The van der Waals surface area contributed by atoms with Gasteiger partial charge in [-0.15, -0.1) is 21.5 Å². The second-order valence-electron chi connectivity index (χ2n) is 7.21. The van der Waals surface area contributed by atoms with Crippen LogP contribution in [0.4, 0.5) is 5.82 Å². The van der Waals surface area contributed by atoms with Crippen molar-refractivity contribution < 1.29 is 0 Å². The van der Waals surface area contributed by atoms with Crippen molar-refractivity contribution in [3.63, 3.8) is 0 Å². The summed E-state index contributed by atoms with van der Waals surface area (Å²) in [5.41, 5.74) is 2.90. The lowest BCUT2D eigenvalue weighted by atomic mass is 10.2. The highest BCUT2D eigenvalue weighted by molar-refractivity contribution is 7.09. The predicted octanol–water partition coefficient (Wildman–Crippen LogP) is 3.19. The summed E-state index contributed by atoms with van der Waals surface area (Å²) in [6.07, 6.45) is 4.43. The van der Waals surface area contributed by atoms with Gasteiger partial charge < -0.3 is 4.90 Å². The van der Waals surface area contributed by atoms with Gasteiger partial charge in [-0.1, -0.05) is 6.07 Å². The van der Waals surface area contributed by atoms with E-state index >= 15 is 0 Å². The summed E-state index contributed by atoms with van der Waals surface area (Å²) in [5, 5.41) is 12.4. The summed E-state index contributed by atoms with van der Waals surface area (Å²) in [6, 6.07) is 9.88. The zero-order chi connectivity index (χ0) is 18.1. The van der Waals surface area contributed by atoms with E-state index < -0.39 is 0 Å². The minimum absolute atomic E-state index is 0.758. The molecule has 5 rings (SSSR count). The summed E-state index contributed by atoms with van der Waals surface area (Å²) < 4.78 is 0. The molecule has 7 heteroatoms. The molecule has 0 amide bonds. The second kappa shape index (κ2) is 7.32. The number of aromatic nitrogens is 4. The monoisotopic (exact) mass is 378 g/mol. The molecule has 2 fully saturated rings. The Balaban J connectivity index is 1.17. The van der Waals surface area contributed by atoms with E-state index in [9.17, 15) is 0 Å². The van der Waals surface area contributed by atoms with E-state index in [-0.39, 0.29) is 0 Å². The zero-order valence-electron chi connectivity index (χ0n) is 15.2. The van der Waals surface area contributed by atoms with Crippen molar-refractivity contribution in [1.82, 2.24) is 25.1 Å². The molecule has 3 aromatic heterocycles. The Hall–Kier alpha value is -2.38. The van der Waals surface area contributed by atoms with Gasteiger partial charge in [0.25, 0.3) is 0 Å². The third-order valence-corrected chi connectivity index (χ3v) is 6.21. The highest BCUT2D eigenvalue weighted by Crippen LogP contribution is 2.41. The summed E-state index contributed by atoms with van der Waals surface area (Å²) in [4.78, 5) is 13.9. The van der Waals surface area contributed by atoms with Gasteiger partial charge in [-0.25, -0.2) is 4.98 Å². The van der Waals surface area contributed by atoms with Gasteiger partial charge in [-0.3, -0.25) is 9.88 Å². The fourth-order valence-electron chi connectivity index (χ4n) is 3.42. The number of pyridine rings is 1. The van der Waals surface area contributed by atoms with Gasteiger partial charge in [0.15, 0.2) is 5.82 Å². The number of thiazole rings is 1. The Bertz CT molecular complexity index is 882. The molecule has 1 aliphatic carbocycles. The molecule has 3 aromatic rings. The Kier molecular flexibility index (Phi) is 4.55. The summed E-state index contributed by atoms with van der Waals surface area (Å²) in [7, 11) is 0. The minimum Gasteiger partial charge on any atom is -0.353 e. The maximum absolute atomic E-state index is 4.82. The standard InChI is InChI=1S/C20H22N6S/c1-2-8-21-17(3-1)18-6-7-19(24-23-18)26-11-9-25(10-12-26)13-16-14-27-20(22-16)15-4-5-15/h1-3,6-8,14-15H,4-5,9-13H2. The molecule has 0 atom stereocenters. The highest BCUT2D eigenvalue weighted by Gasteiger charge is 2.27. The van der Waals surface area contributed by atoms with Gasteiger partial charge in [0.2, 0.25) is 0 Å². The maximum atomic E-state index is 4.82. The van der Waals surface area contributed by atoms with E-state index in [0.29, 0.717) is 0 Å². The van der Waals surface area contributed by atoms with Crippen molar-refractivity contribution in [2.24, 2.45) is 0 Å². The SMILES string of the molecule is c1ccc(-c2ccc(N3CCN(Cc4csc(C5CC5)n4)CC3)nn2)nc1. The molecule has 27 heavy (non-hydrogen) atoms.